The van der Waals surface area contributed by atoms with Gasteiger partial charge < -0.3 is 14.4 Å². The first-order valence-electron chi connectivity index (χ1n) is 7.61. The van der Waals surface area contributed by atoms with Gasteiger partial charge in [0.15, 0.2) is 13.2 Å². The van der Waals surface area contributed by atoms with E-state index in [2.05, 4.69) is 6.58 Å². The lowest BCUT2D eigenvalue weighted by atomic mass is 10.1. The molecule has 0 aliphatic carbocycles. The van der Waals surface area contributed by atoms with Crippen LogP contribution in [0.1, 0.15) is 25.0 Å². The number of ether oxygens (including phenoxy) is 2. The molecule has 0 heterocycles. The molecular weight excluding hydrogens is 294 g/mol. The van der Waals surface area contributed by atoms with Crippen LogP contribution in [-0.4, -0.2) is 43.1 Å². The lowest BCUT2D eigenvalue weighted by molar-refractivity contribution is -0.153. The second-order valence-corrected chi connectivity index (χ2v) is 5.56. The van der Waals surface area contributed by atoms with Gasteiger partial charge in [-0.3, -0.25) is 4.79 Å². The Bertz CT molecular complexity index is 580. The van der Waals surface area contributed by atoms with Crippen molar-refractivity contribution >= 4 is 11.9 Å². The molecule has 1 amide bonds. The van der Waals surface area contributed by atoms with E-state index in [9.17, 15) is 9.59 Å². The maximum Gasteiger partial charge on any atom is 0.344 e. The van der Waals surface area contributed by atoms with Gasteiger partial charge in [0, 0.05) is 13.1 Å². The first-order chi connectivity index (χ1) is 10.8. The van der Waals surface area contributed by atoms with E-state index in [1.54, 1.807) is 11.0 Å². The van der Waals surface area contributed by atoms with Crippen LogP contribution in [0.25, 0.3) is 0 Å². The average molecular weight is 319 g/mol. The zero-order valence-corrected chi connectivity index (χ0v) is 14.3. The quantitative estimate of drug-likeness (QED) is 0.546. The molecule has 0 aromatic heterocycles. The van der Waals surface area contributed by atoms with Gasteiger partial charge in [0.05, 0.1) is 0 Å². The summed E-state index contributed by atoms with van der Waals surface area (Å²) in [4.78, 5) is 25.2. The number of aryl methyl sites for hydroxylation is 2. The van der Waals surface area contributed by atoms with Crippen molar-refractivity contribution in [1.29, 1.82) is 0 Å². The Balaban J connectivity index is 2.40. The van der Waals surface area contributed by atoms with Crippen molar-refractivity contribution in [3.05, 3.63) is 41.5 Å². The minimum Gasteiger partial charge on any atom is -0.482 e. The lowest BCUT2D eigenvalue weighted by Gasteiger charge is -2.20. The molecule has 0 saturated carbocycles. The predicted octanol–water partition coefficient (Wildman–Crippen LogP) is 2.65. The average Bonchev–Trinajstić information content (AvgIpc) is 2.51. The number of rotatable bonds is 8. The molecule has 0 aliphatic heterocycles. The van der Waals surface area contributed by atoms with Crippen molar-refractivity contribution in [1.82, 2.24) is 4.90 Å². The monoisotopic (exact) mass is 319 g/mol. The van der Waals surface area contributed by atoms with E-state index in [0.29, 0.717) is 18.8 Å². The minimum atomic E-state index is -0.567. The minimum absolute atomic E-state index is 0.220. The number of carbonyl (C=O) groups excluding carboxylic acids is 2. The molecule has 5 heteroatoms. The summed E-state index contributed by atoms with van der Waals surface area (Å²) in [5.41, 5.74) is 3.12. The Morgan fingerprint density at radius 3 is 2.43 bits per heavy atom. The molecule has 0 fully saturated rings. The van der Waals surface area contributed by atoms with Gasteiger partial charge in [-0.05, 0) is 51.0 Å². The number of carbonyl (C=O) groups is 2. The molecule has 23 heavy (non-hydrogen) atoms. The molecule has 0 spiro atoms. The number of amides is 1. The van der Waals surface area contributed by atoms with E-state index < -0.39 is 5.97 Å². The highest BCUT2D eigenvalue weighted by atomic mass is 16.6. The summed E-state index contributed by atoms with van der Waals surface area (Å²) < 4.78 is 10.3. The molecule has 0 atom stereocenters. The van der Waals surface area contributed by atoms with Crippen molar-refractivity contribution < 1.29 is 19.1 Å². The Morgan fingerprint density at radius 1 is 1.17 bits per heavy atom. The van der Waals surface area contributed by atoms with E-state index >= 15 is 0 Å². The lowest BCUT2D eigenvalue weighted by Crippen LogP contribution is -2.36. The van der Waals surface area contributed by atoms with Crippen molar-refractivity contribution in [3.8, 4) is 5.75 Å². The first-order valence-corrected chi connectivity index (χ1v) is 7.61. The van der Waals surface area contributed by atoms with Crippen LogP contribution in [0.15, 0.2) is 30.4 Å². The zero-order valence-electron chi connectivity index (χ0n) is 14.3. The highest BCUT2D eigenvalue weighted by Gasteiger charge is 2.14. The fraction of sp³-hybridized carbons (Fsp3) is 0.444. The summed E-state index contributed by atoms with van der Waals surface area (Å²) in [6, 6.07) is 5.59. The predicted molar refractivity (Wildman–Crippen MR) is 89.4 cm³/mol. The van der Waals surface area contributed by atoms with Gasteiger partial charge in [-0.1, -0.05) is 18.2 Å². The largest absolute Gasteiger partial charge is 0.482 e. The van der Waals surface area contributed by atoms with Crippen molar-refractivity contribution in [2.45, 2.75) is 27.7 Å². The van der Waals surface area contributed by atoms with Crippen LogP contribution >= 0.6 is 0 Å². The number of esters is 1. The first kappa shape index (κ1) is 18.7. The summed E-state index contributed by atoms with van der Waals surface area (Å²) >= 11 is 0. The fourth-order valence-corrected chi connectivity index (χ4v) is 1.92. The van der Waals surface area contributed by atoms with E-state index in [1.165, 1.54) is 0 Å². The topological polar surface area (TPSA) is 55.8 Å². The summed E-state index contributed by atoms with van der Waals surface area (Å²) in [5, 5.41) is 0. The maximum absolute atomic E-state index is 11.9. The van der Waals surface area contributed by atoms with E-state index in [0.717, 1.165) is 16.7 Å². The third-order valence-corrected chi connectivity index (χ3v) is 3.39. The van der Waals surface area contributed by atoms with Gasteiger partial charge in [0.2, 0.25) is 0 Å². The number of nitrogens with zero attached hydrogens (tertiary/aromatic N) is 1. The highest BCUT2D eigenvalue weighted by molar-refractivity contribution is 5.81. The van der Waals surface area contributed by atoms with Gasteiger partial charge in [-0.2, -0.15) is 0 Å². The molecule has 0 bridgehead atoms. The van der Waals surface area contributed by atoms with Gasteiger partial charge in [-0.15, -0.1) is 0 Å². The van der Waals surface area contributed by atoms with E-state index in [1.807, 2.05) is 39.8 Å². The van der Waals surface area contributed by atoms with E-state index in [4.69, 9.17) is 9.47 Å². The molecule has 1 aromatic rings. The van der Waals surface area contributed by atoms with Gasteiger partial charge in [-0.25, -0.2) is 4.79 Å². The fourth-order valence-electron chi connectivity index (χ4n) is 1.92. The number of hydrogen-bond donors (Lipinski definition) is 0. The molecular formula is C18H25NO4. The van der Waals surface area contributed by atoms with Crippen molar-refractivity contribution in [2.75, 3.05) is 26.3 Å². The van der Waals surface area contributed by atoms with Crippen LogP contribution in [0.3, 0.4) is 0 Å². The molecule has 0 N–H and O–H groups in total. The van der Waals surface area contributed by atoms with Crippen molar-refractivity contribution in [2.24, 2.45) is 0 Å². The molecule has 0 radical (unpaired) electrons. The summed E-state index contributed by atoms with van der Waals surface area (Å²) in [5.74, 6) is -0.202. The van der Waals surface area contributed by atoms with Crippen LogP contribution in [0.2, 0.25) is 0 Å². The number of hydrogen-bond acceptors (Lipinski definition) is 4. The second kappa shape index (κ2) is 8.98. The Hall–Kier alpha value is -2.30. The molecule has 126 valence electrons. The highest BCUT2D eigenvalue weighted by Crippen LogP contribution is 2.16. The third kappa shape index (κ3) is 6.55. The molecule has 1 rings (SSSR count). The van der Waals surface area contributed by atoms with E-state index in [-0.39, 0.29) is 19.1 Å². The standard InChI is InChI=1S/C18H25NO4/c1-6-19(10-13(2)3)17(20)11-23-18(21)12-22-16-8-7-14(4)15(5)9-16/h7-9H,2,6,10-12H2,1,3-5H3. The van der Waals surface area contributed by atoms with Crippen LogP contribution < -0.4 is 4.74 Å². The molecule has 0 saturated heterocycles. The third-order valence-electron chi connectivity index (χ3n) is 3.39. The van der Waals surface area contributed by atoms with Gasteiger partial charge in [0.25, 0.3) is 5.91 Å². The molecule has 0 unspecified atom stereocenters. The molecule has 1 aromatic carbocycles. The van der Waals surface area contributed by atoms with Crippen LogP contribution in [0.5, 0.6) is 5.75 Å². The second-order valence-electron chi connectivity index (χ2n) is 5.56. The maximum atomic E-state index is 11.9. The summed E-state index contributed by atoms with van der Waals surface area (Å²) in [6.45, 7) is 12.0. The van der Waals surface area contributed by atoms with Crippen LogP contribution in [0, 0.1) is 13.8 Å². The summed E-state index contributed by atoms with van der Waals surface area (Å²) in [7, 11) is 0. The normalized spacial score (nSPS) is 10.1. The molecule has 5 nitrogen and oxygen atoms in total. The number of likely N-dealkylation sites (N-methyl/N-ethyl adjacent to an activating group) is 1. The zero-order chi connectivity index (χ0) is 17.4. The Kier molecular flexibility index (Phi) is 7.32. The van der Waals surface area contributed by atoms with Crippen LogP contribution in [-0.2, 0) is 14.3 Å². The molecule has 0 aliphatic rings. The van der Waals surface area contributed by atoms with Gasteiger partial charge in [0.1, 0.15) is 5.75 Å². The summed E-state index contributed by atoms with van der Waals surface area (Å²) in [6.07, 6.45) is 0. The smallest absolute Gasteiger partial charge is 0.344 e. The van der Waals surface area contributed by atoms with Crippen LogP contribution in [0.4, 0.5) is 0 Å². The Morgan fingerprint density at radius 2 is 1.87 bits per heavy atom. The SMILES string of the molecule is C=C(C)CN(CC)C(=O)COC(=O)COc1ccc(C)c(C)c1. The van der Waals surface area contributed by atoms with Crippen molar-refractivity contribution in [3.63, 3.8) is 0 Å². The number of benzene rings is 1. The van der Waals surface area contributed by atoms with Gasteiger partial charge >= 0.3 is 5.97 Å². The Labute approximate surface area is 137 Å².